The Bertz CT molecular complexity index is 1460. The summed E-state index contributed by atoms with van der Waals surface area (Å²) in [6.07, 6.45) is 0. The third-order valence-electron chi connectivity index (χ3n) is 6.49. The SMILES string of the molecule is CCOC(=O)c1ccc(N2C(=O)c3[nH]nc(-c4ccc(C)cc4)c3[C@H]2c2ccc(OC)cc2OC)cc1. The van der Waals surface area contributed by atoms with Gasteiger partial charge in [-0.3, -0.25) is 14.8 Å². The molecule has 0 fully saturated rings. The highest BCUT2D eigenvalue weighted by molar-refractivity contribution is 6.12. The Morgan fingerprint density at radius 3 is 2.38 bits per heavy atom. The first kappa shape index (κ1) is 24.1. The quantitative estimate of drug-likeness (QED) is 0.347. The molecule has 1 aliphatic rings. The fourth-order valence-corrected chi connectivity index (χ4v) is 4.66. The maximum atomic E-state index is 13.8. The second-order valence-corrected chi connectivity index (χ2v) is 8.68. The largest absolute Gasteiger partial charge is 0.497 e. The van der Waals surface area contributed by atoms with Gasteiger partial charge in [0, 0.05) is 28.4 Å². The van der Waals surface area contributed by atoms with Crippen LogP contribution in [0.3, 0.4) is 0 Å². The van der Waals surface area contributed by atoms with Crippen LogP contribution in [0.15, 0.2) is 66.7 Å². The van der Waals surface area contributed by atoms with Crippen LogP contribution in [0.2, 0.25) is 0 Å². The van der Waals surface area contributed by atoms with E-state index in [1.165, 1.54) is 0 Å². The first-order valence-electron chi connectivity index (χ1n) is 11.9. The molecule has 3 aromatic carbocycles. The molecule has 4 aromatic rings. The Hall–Kier alpha value is -4.59. The van der Waals surface area contributed by atoms with E-state index in [1.807, 2.05) is 43.3 Å². The lowest BCUT2D eigenvalue weighted by molar-refractivity contribution is 0.0526. The summed E-state index contributed by atoms with van der Waals surface area (Å²) >= 11 is 0. The van der Waals surface area contributed by atoms with Crippen molar-refractivity contribution in [2.45, 2.75) is 19.9 Å². The maximum absolute atomic E-state index is 13.8. The van der Waals surface area contributed by atoms with Crippen LogP contribution in [-0.4, -0.2) is 42.9 Å². The minimum absolute atomic E-state index is 0.229. The smallest absolute Gasteiger partial charge is 0.338 e. The third kappa shape index (κ3) is 4.20. The van der Waals surface area contributed by atoms with Crippen molar-refractivity contribution in [1.82, 2.24) is 10.2 Å². The summed E-state index contributed by atoms with van der Waals surface area (Å²) < 4.78 is 16.2. The van der Waals surface area contributed by atoms with E-state index in [0.717, 1.165) is 22.3 Å². The number of aromatic nitrogens is 2. The minimum atomic E-state index is -0.535. The normalized spacial score (nSPS) is 14.4. The van der Waals surface area contributed by atoms with Gasteiger partial charge in [0.15, 0.2) is 0 Å². The first-order chi connectivity index (χ1) is 18.0. The molecule has 0 saturated heterocycles. The van der Waals surface area contributed by atoms with Gasteiger partial charge in [-0.15, -0.1) is 0 Å². The number of rotatable bonds is 7. The lowest BCUT2D eigenvalue weighted by Gasteiger charge is -2.28. The number of benzene rings is 3. The summed E-state index contributed by atoms with van der Waals surface area (Å²) in [4.78, 5) is 27.7. The molecule has 1 aliphatic heterocycles. The molecule has 8 heteroatoms. The molecule has 1 N–H and O–H groups in total. The molecular formula is C29H27N3O5. The van der Waals surface area contributed by atoms with E-state index in [-0.39, 0.29) is 12.5 Å². The van der Waals surface area contributed by atoms with E-state index in [2.05, 4.69) is 10.2 Å². The van der Waals surface area contributed by atoms with Crippen molar-refractivity contribution in [2.75, 3.05) is 25.7 Å². The van der Waals surface area contributed by atoms with E-state index in [1.54, 1.807) is 56.4 Å². The van der Waals surface area contributed by atoms with Crippen LogP contribution in [0.4, 0.5) is 5.69 Å². The van der Waals surface area contributed by atoms with Gasteiger partial charge >= 0.3 is 5.97 Å². The van der Waals surface area contributed by atoms with Gasteiger partial charge in [-0.25, -0.2) is 4.79 Å². The van der Waals surface area contributed by atoms with Gasteiger partial charge in [0.25, 0.3) is 5.91 Å². The highest BCUT2D eigenvalue weighted by Gasteiger charge is 2.44. The van der Waals surface area contributed by atoms with Gasteiger partial charge in [0.1, 0.15) is 17.2 Å². The number of anilines is 1. The maximum Gasteiger partial charge on any atom is 0.338 e. The molecule has 0 bridgehead atoms. The molecular weight excluding hydrogens is 470 g/mol. The lowest BCUT2D eigenvalue weighted by atomic mass is 9.94. The summed E-state index contributed by atoms with van der Waals surface area (Å²) in [7, 11) is 3.18. The van der Waals surface area contributed by atoms with Crippen LogP contribution < -0.4 is 14.4 Å². The van der Waals surface area contributed by atoms with Crippen LogP contribution in [0.25, 0.3) is 11.3 Å². The molecule has 0 saturated carbocycles. The number of aromatic amines is 1. The number of methoxy groups -OCH3 is 2. The summed E-state index contributed by atoms with van der Waals surface area (Å²) in [6, 6.07) is 19.8. The zero-order valence-corrected chi connectivity index (χ0v) is 21.1. The van der Waals surface area contributed by atoms with Crippen molar-refractivity contribution >= 4 is 17.6 Å². The molecule has 0 spiro atoms. The Labute approximate surface area is 214 Å². The highest BCUT2D eigenvalue weighted by atomic mass is 16.5. The van der Waals surface area contributed by atoms with Crippen molar-refractivity contribution < 1.29 is 23.8 Å². The number of hydrogen-bond donors (Lipinski definition) is 1. The number of nitrogens with zero attached hydrogens (tertiary/aromatic N) is 2. The monoisotopic (exact) mass is 497 g/mol. The molecule has 188 valence electrons. The molecule has 8 nitrogen and oxygen atoms in total. The number of ether oxygens (including phenoxy) is 3. The van der Waals surface area contributed by atoms with Crippen molar-refractivity contribution in [1.29, 1.82) is 0 Å². The number of amides is 1. The van der Waals surface area contributed by atoms with Crippen LogP contribution in [0.5, 0.6) is 11.5 Å². The average Bonchev–Trinajstić information content (AvgIpc) is 3.48. The summed E-state index contributed by atoms with van der Waals surface area (Å²) in [5.41, 5.74) is 5.70. The number of H-pyrrole nitrogens is 1. The van der Waals surface area contributed by atoms with E-state index in [9.17, 15) is 9.59 Å². The second kappa shape index (κ2) is 9.81. The number of esters is 1. The van der Waals surface area contributed by atoms with Crippen molar-refractivity contribution in [3.05, 3.63) is 94.7 Å². The molecule has 1 atom stereocenters. The molecule has 2 heterocycles. The fraction of sp³-hybridized carbons (Fsp3) is 0.207. The zero-order chi connectivity index (χ0) is 26.1. The molecule has 1 amide bonds. The van der Waals surface area contributed by atoms with Gasteiger partial charge in [-0.2, -0.15) is 5.10 Å². The number of nitrogens with one attached hydrogen (secondary N) is 1. The van der Waals surface area contributed by atoms with Gasteiger partial charge in [0.2, 0.25) is 0 Å². The molecule has 0 unspecified atom stereocenters. The number of aryl methyl sites for hydroxylation is 1. The Kier molecular flexibility index (Phi) is 6.40. The van der Waals surface area contributed by atoms with E-state index in [0.29, 0.717) is 34.1 Å². The standard InChI is InChI=1S/C29H27N3O5/c1-5-37-29(34)19-10-12-20(13-11-19)32-27(22-15-14-21(35-3)16-23(22)36-4)24-25(30-31-26(24)28(32)33)18-8-6-17(2)7-9-18/h6-16,27H,5H2,1-4H3,(H,30,31)/t27-/m1/s1. The van der Waals surface area contributed by atoms with E-state index in [4.69, 9.17) is 14.2 Å². The number of hydrogen-bond acceptors (Lipinski definition) is 6. The Morgan fingerprint density at radius 1 is 1.00 bits per heavy atom. The summed E-state index contributed by atoms with van der Waals surface area (Å²) in [6.45, 7) is 4.07. The van der Waals surface area contributed by atoms with Crippen LogP contribution in [-0.2, 0) is 4.74 Å². The Balaban J connectivity index is 1.68. The summed E-state index contributed by atoms with van der Waals surface area (Å²) in [5.74, 6) is 0.578. The van der Waals surface area contributed by atoms with Gasteiger partial charge < -0.3 is 14.2 Å². The van der Waals surface area contributed by atoms with Gasteiger partial charge in [0.05, 0.1) is 38.1 Å². The molecule has 1 aromatic heterocycles. The predicted molar refractivity (Wildman–Crippen MR) is 139 cm³/mol. The molecule has 0 radical (unpaired) electrons. The highest BCUT2D eigenvalue weighted by Crippen LogP contribution is 2.47. The number of carbonyl (C=O) groups excluding carboxylic acids is 2. The first-order valence-corrected chi connectivity index (χ1v) is 11.9. The lowest BCUT2D eigenvalue weighted by Crippen LogP contribution is -2.29. The third-order valence-corrected chi connectivity index (χ3v) is 6.49. The number of fused-ring (bicyclic) bond motifs is 1. The zero-order valence-electron chi connectivity index (χ0n) is 21.1. The van der Waals surface area contributed by atoms with Gasteiger partial charge in [-0.05, 0) is 50.2 Å². The van der Waals surface area contributed by atoms with Crippen molar-refractivity contribution in [3.8, 4) is 22.8 Å². The van der Waals surface area contributed by atoms with Crippen molar-refractivity contribution in [3.63, 3.8) is 0 Å². The fourth-order valence-electron chi connectivity index (χ4n) is 4.66. The van der Waals surface area contributed by atoms with Gasteiger partial charge in [-0.1, -0.05) is 29.8 Å². The summed E-state index contributed by atoms with van der Waals surface area (Å²) in [5, 5.41) is 7.51. The van der Waals surface area contributed by atoms with E-state index < -0.39 is 12.0 Å². The molecule has 5 rings (SSSR count). The Morgan fingerprint density at radius 2 is 1.73 bits per heavy atom. The van der Waals surface area contributed by atoms with Crippen molar-refractivity contribution in [2.24, 2.45) is 0 Å². The van der Waals surface area contributed by atoms with E-state index >= 15 is 0 Å². The minimum Gasteiger partial charge on any atom is -0.497 e. The van der Waals surface area contributed by atoms with Crippen LogP contribution in [0, 0.1) is 6.92 Å². The molecule has 37 heavy (non-hydrogen) atoms. The average molecular weight is 498 g/mol. The second-order valence-electron chi connectivity index (χ2n) is 8.68. The number of carbonyl (C=O) groups is 2. The topological polar surface area (TPSA) is 93.8 Å². The molecule has 0 aliphatic carbocycles. The van der Waals surface area contributed by atoms with Crippen LogP contribution in [0.1, 0.15) is 50.5 Å². The van der Waals surface area contributed by atoms with Crippen LogP contribution >= 0.6 is 0 Å². The predicted octanol–water partition coefficient (Wildman–Crippen LogP) is 5.33.